The Labute approximate surface area is 79.2 Å². The molecule has 0 amide bonds. The third-order valence-electron chi connectivity index (χ3n) is 1.97. The summed E-state index contributed by atoms with van der Waals surface area (Å²) in [5, 5.41) is 0. The third-order valence-corrected chi connectivity index (χ3v) is 1.97. The molecule has 64 valence electrons. The summed E-state index contributed by atoms with van der Waals surface area (Å²) in [6.45, 7) is 0. The minimum Gasteiger partial charge on any atom is -0.398 e. The monoisotopic (exact) mass is 170 g/mol. The predicted molar refractivity (Wildman–Crippen MR) is 56.3 cm³/mol. The Morgan fingerprint density at radius 2 is 1.62 bits per heavy atom. The van der Waals surface area contributed by atoms with Crippen LogP contribution in [0.4, 0.5) is 5.69 Å². The van der Waals surface area contributed by atoms with Crippen LogP contribution in [0.15, 0.2) is 54.6 Å². The summed E-state index contributed by atoms with van der Waals surface area (Å²) < 4.78 is 7.58. The van der Waals surface area contributed by atoms with Gasteiger partial charge in [0, 0.05) is 11.3 Å². The van der Waals surface area contributed by atoms with Gasteiger partial charge in [0.2, 0.25) is 0 Å². The molecule has 0 aromatic heterocycles. The topological polar surface area (TPSA) is 26.0 Å². The lowest BCUT2D eigenvalue weighted by Crippen LogP contribution is -1.88. The summed E-state index contributed by atoms with van der Waals surface area (Å²) in [5.74, 6) is 0. The lowest BCUT2D eigenvalue weighted by Gasteiger charge is -2.03. The van der Waals surface area contributed by atoms with Crippen LogP contribution in [0.3, 0.4) is 0 Å². The molecule has 1 heteroatoms. The van der Waals surface area contributed by atoms with Gasteiger partial charge in [-0.05, 0) is 11.6 Å². The van der Waals surface area contributed by atoms with Crippen molar-refractivity contribution in [2.75, 3.05) is 5.73 Å². The number of hydrogen-bond donors (Lipinski definition) is 1. The smallest absolute Gasteiger partial charge is 0.0645 e. The van der Waals surface area contributed by atoms with Crippen molar-refractivity contribution in [1.82, 2.24) is 0 Å². The zero-order valence-electron chi connectivity index (χ0n) is 8.20. The molecular weight excluding hydrogens is 158 g/mol. The number of benzene rings is 2. The Morgan fingerprint density at radius 3 is 2.38 bits per heavy atom. The minimum absolute atomic E-state index is 0.381. The average Bonchev–Trinajstić information content (AvgIpc) is 2.23. The van der Waals surface area contributed by atoms with E-state index in [-0.39, 0.29) is 0 Å². The molecule has 0 aliphatic heterocycles. The molecule has 2 aromatic rings. The number of para-hydroxylation sites is 1. The summed E-state index contributed by atoms with van der Waals surface area (Å²) >= 11 is 0. The molecular formula is C12H11N. The molecule has 0 saturated carbocycles. The average molecular weight is 170 g/mol. The molecule has 0 aliphatic carbocycles. The van der Waals surface area contributed by atoms with E-state index in [0.717, 1.165) is 11.1 Å². The first kappa shape index (κ1) is 6.72. The fraction of sp³-hybridized carbons (Fsp3) is 0. The Kier molecular flexibility index (Phi) is 1.71. The second kappa shape index (κ2) is 3.31. The summed E-state index contributed by atoms with van der Waals surface area (Å²) in [4.78, 5) is 0. The number of rotatable bonds is 1. The molecule has 0 radical (unpaired) electrons. The molecule has 0 atom stereocenters. The van der Waals surface area contributed by atoms with E-state index in [4.69, 9.17) is 7.10 Å². The summed E-state index contributed by atoms with van der Waals surface area (Å²) in [5.41, 5.74) is 8.35. The minimum atomic E-state index is 0.381. The largest absolute Gasteiger partial charge is 0.398 e. The first-order valence-electron chi connectivity index (χ1n) is 4.69. The maximum Gasteiger partial charge on any atom is 0.0645 e. The van der Waals surface area contributed by atoms with Gasteiger partial charge in [-0.1, -0.05) is 48.5 Å². The normalized spacial score (nSPS) is 10.9. The SMILES string of the molecule is [2H]c1cccc(-c2ccccc2)c1N. The quantitative estimate of drug-likeness (QED) is 0.654. The molecule has 0 fully saturated rings. The van der Waals surface area contributed by atoms with Gasteiger partial charge in [-0.25, -0.2) is 0 Å². The molecule has 1 nitrogen and oxygen atoms in total. The van der Waals surface area contributed by atoms with Gasteiger partial charge in [-0.3, -0.25) is 0 Å². The Balaban J connectivity index is 2.58. The van der Waals surface area contributed by atoms with Crippen molar-refractivity contribution in [3.63, 3.8) is 0 Å². The standard InChI is InChI=1S/C12H11N/c13-12-9-5-4-8-11(12)10-6-2-1-3-7-10/h1-9H,13H2/i9D. The maximum atomic E-state index is 7.58. The van der Waals surface area contributed by atoms with Crippen molar-refractivity contribution >= 4 is 5.69 Å². The Bertz CT molecular complexity index is 437. The maximum absolute atomic E-state index is 7.58. The van der Waals surface area contributed by atoms with E-state index in [0.29, 0.717) is 11.7 Å². The van der Waals surface area contributed by atoms with E-state index in [2.05, 4.69) is 0 Å². The fourth-order valence-corrected chi connectivity index (χ4v) is 1.32. The van der Waals surface area contributed by atoms with Gasteiger partial charge >= 0.3 is 0 Å². The lowest BCUT2D eigenvalue weighted by molar-refractivity contribution is 1.61. The summed E-state index contributed by atoms with van der Waals surface area (Å²) in [7, 11) is 0. The van der Waals surface area contributed by atoms with Crippen LogP contribution in [0.1, 0.15) is 1.37 Å². The van der Waals surface area contributed by atoms with Gasteiger partial charge in [0.15, 0.2) is 0 Å². The van der Waals surface area contributed by atoms with Gasteiger partial charge in [0.25, 0.3) is 0 Å². The van der Waals surface area contributed by atoms with Crippen LogP contribution in [0.5, 0.6) is 0 Å². The second-order valence-electron chi connectivity index (χ2n) is 2.86. The lowest BCUT2D eigenvalue weighted by atomic mass is 10.0. The fourth-order valence-electron chi connectivity index (χ4n) is 1.32. The molecule has 2 N–H and O–H groups in total. The van der Waals surface area contributed by atoms with Crippen LogP contribution < -0.4 is 5.73 Å². The van der Waals surface area contributed by atoms with Gasteiger partial charge in [0.05, 0.1) is 1.37 Å². The molecule has 2 rings (SSSR count). The number of anilines is 1. The van der Waals surface area contributed by atoms with Gasteiger partial charge < -0.3 is 5.73 Å². The first-order valence-corrected chi connectivity index (χ1v) is 4.19. The highest BCUT2D eigenvalue weighted by Gasteiger charge is 1.98. The van der Waals surface area contributed by atoms with E-state index in [1.807, 2.05) is 42.5 Å². The van der Waals surface area contributed by atoms with Crippen LogP contribution in [0.2, 0.25) is 0 Å². The molecule has 0 bridgehead atoms. The number of nitrogen functional groups attached to an aromatic ring is 1. The van der Waals surface area contributed by atoms with E-state index in [9.17, 15) is 0 Å². The van der Waals surface area contributed by atoms with E-state index in [1.165, 1.54) is 0 Å². The molecule has 0 spiro atoms. The summed E-state index contributed by atoms with van der Waals surface area (Å²) in [6, 6.07) is 15.7. The third kappa shape index (κ3) is 1.54. The molecule has 0 unspecified atom stereocenters. The van der Waals surface area contributed by atoms with E-state index >= 15 is 0 Å². The molecule has 2 aromatic carbocycles. The first-order chi connectivity index (χ1) is 6.79. The molecule has 13 heavy (non-hydrogen) atoms. The highest BCUT2D eigenvalue weighted by molar-refractivity contribution is 5.75. The molecule has 0 saturated heterocycles. The molecule has 0 aliphatic rings. The zero-order chi connectivity index (χ0) is 9.97. The van der Waals surface area contributed by atoms with Crippen LogP contribution in [0, 0.1) is 0 Å². The zero-order valence-corrected chi connectivity index (χ0v) is 7.20. The van der Waals surface area contributed by atoms with Crippen molar-refractivity contribution < 1.29 is 1.37 Å². The van der Waals surface area contributed by atoms with Crippen molar-refractivity contribution in [2.45, 2.75) is 0 Å². The van der Waals surface area contributed by atoms with Gasteiger partial charge in [-0.15, -0.1) is 0 Å². The number of nitrogens with two attached hydrogens (primary N) is 1. The van der Waals surface area contributed by atoms with Crippen molar-refractivity contribution in [1.29, 1.82) is 0 Å². The van der Waals surface area contributed by atoms with Gasteiger partial charge in [-0.2, -0.15) is 0 Å². The van der Waals surface area contributed by atoms with E-state index in [1.54, 1.807) is 6.07 Å². The van der Waals surface area contributed by atoms with Crippen LogP contribution in [-0.2, 0) is 0 Å². The van der Waals surface area contributed by atoms with Gasteiger partial charge in [0.1, 0.15) is 0 Å². The second-order valence-corrected chi connectivity index (χ2v) is 2.86. The van der Waals surface area contributed by atoms with Crippen LogP contribution in [0.25, 0.3) is 11.1 Å². The molecule has 0 heterocycles. The Hall–Kier alpha value is -1.76. The van der Waals surface area contributed by atoms with Crippen molar-refractivity contribution in [3.05, 3.63) is 54.6 Å². The number of hydrogen-bond acceptors (Lipinski definition) is 1. The summed E-state index contributed by atoms with van der Waals surface area (Å²) in [6.07, 6.45) is 0. The van der Waals surface area contributed by atoms with E-state index < -0.39 is 0 Å². The van der Waals surface area contributed by atoms with Crippen LogP contribution >= 0.6 is 0 Å². The van der Waals surface area contributed by atoms with Crippen molar-refractivity contribution in [2.24, 2.45) is 0 Å². The highest BCUT2D eigenvalue weighted by atomic mass is 14.6. The predicted octanol–water partition coefficient (Wildman–Crippen LogP) is 2.94. The van der Waals surface area contributed by atoms with Crippen LogP contribution in [-0.4, -0.2) is 0 Å². The van der Waals surface area contributed by atoms with Crippen molar-refractivity contribution in [3.8, 4) is 11.1 Å². The Morgan fingerprint density at radius 1 is 0.923 bits per heavy atom. The highest BCUT2D eigenvalue weighted by Crippen LogP contribution is 2.24.